The zero-order chi connectivity index (χ0) is 12.1. The Hall–Kier alpha value is -1.84. The molecule has 0 heterocycles. The molecule has 0 atom stereocenters. The van der Waals surface area contributed by atoms with Crippen molar-refractivity contribution < 1.29 is 9.59 Å². The first-order chi connectivity index (χ1) is 8.25. The van der Waals surface area contributed by atoms with Gasteiger partial charge in [0.2, 0.25) is 0 Å². The fourth-order valence-corrected chi connectivity index (χ4v) is 1.72. The summed E-state index contributed by atoms with van der Waals surface area (Å²) in [7, 11) is 0. The van der Waals surface area contributed by atoms with Gasteiger partial charge in [-0.2, -0.15) is 0 Å². The van der Waals surface area contributed by atoms with E-state index in [1.54, 1.807) is 12.1 Å². The first-order valence-corrected chi connectivity index (χ1v) is 5.90. The Balaban J connectivity index is 1.76. The summed E-state index contributed by atoms with van der Waals surface area (Å²) in [6.45, 7) is 0.612. The molecular formula is C13H16N2O2. The molecule has 1 saturated carbocycles. The first kappa shape index (κ1) is 11.6. The second-order valence-electron chi connectivity index (χ2n) is 4.33. The van der Waals surface area contributed by atoms with Crippen LogP contribution in [0.4, 0.5) is 5.69 Å². The van der Waals surface area contributed by atoms with E-state index < -0.39 is 11.8 Å². The summed E-state index contributed by atoms with van der Waals surface area (Å²) in [5.74, 6) is -0.597. The van der Waals surface area contributed by atoms with E-state index in [4.69, 9.17) is 0 Å². The molecule has 17 heavy (non-hydrogen) atoms. The zero-order valence-corrected chi connectivity index (χ0v) is 9.61. The minimum absolute atomic E-state index is 0.555. The Bertz CT molecular complexity index is 399. The van der Waals surface area contributed by atoms with Crippen LogP contribution in [-0.4, -0.2) is 18.4 Å². The molecule has 1 aliphatic rings. The molecule has 2 amide bonds. The normalized spacial score (nSPS) is 14.8. The number of hydrogen-bond donors (Lipinski definition) is 2. The van der Waals surface area contributed by atoms with Crippen LogP contribution in [0.5, 0.6) is 0 Å². The third kappa shape index (κ3) is 3.31. The van der Waals surface area contributed by atoms with E-state index in [2.05, 4.69) is 10.6 Å². The number of nitrogens with one attached hydrogen (secondary N) is 2. The highest BCUT2D eigenvalue weighted by molar-refractivity contribution is 6.39. The van der Waals surface area contributed by atoms with Gasteiger partial charge in [0.25, 0.3) is 0 Å². The van der Waals surface area contributed by atoms with Crippen LogP contribution in [0.3, 0.4) is 0 Å². The monoisotopic (exact) mass is 232 g/mol. The summed E-state index contributed by atoms with van der Waals surface area (Å²) in [5, 5.41) is 5.20. The predicted molar refractivity (Wildman–Crippen MR) is 65.4 cm³/mol. The van der Waals surface area contributed by atoms with Crippen LogP contribution in [0.25, 0.3) is 0 Å². The molecule has 0 aromatic heterocycles. The molecule has 1 aliphatic carbocycles. The third-order valence-corrected chi connectivity index (χ3v) is 3.01. The van der Waals surface area contributed by atoms with Gasteiger partial charge >= 0.3 is 11.8 Å². The van der Waals surface area contributed by atoms with Crippen LogP contribution < -0.4 is 10.6 Å². The number of amides is 2. The van der Waals surface area contributed by atoms with Gasteiger partial charge < -0.3 is 10.6 Å². The van der Waals surface area contributed by atoms with Crippen LogP contribution in [0.2, 0.25) is 0 Å². The molecule has 90 valence electrons. The van der Waals surface area contributed by atoms with Crippen molar-refractivity contribution in [3.63, 3.8) is 0 Å². The molecule has 0 aliphatic heterocycles. The van der Waals surface area contributed by atoms with E-state index in [-0.39, 0.29) is 0 Å². The summed E-state index contributed by atoms with van der Waals surface area (Å²) in [6.07, 6.45) is 3.54. The van der Waals surface area contributed by atoms with Gasteiger partial charge in [0, 0.05) is 12.2 Å². The van der Waals surface area contributed by atoms with Crippen molar-refractivity contribution in [3.05, 3.63) is 30.3 Å². The van der Waals surface area contributed by atoms with Gasteiger partial charge in [0.1, 0.15) is 0 Å². The molecule has 0 radical (unpaired) electrons. The summed E-state index contributed by atoms with van der Waals surface area (Å²) in [4.78, 5) is 23.0. The number of rotatable bonds is 3. The molecule has 0 bridgehead atoms. The Morgan fingerprint density at radius 3 is 2.41 bits per heavy atom. The Labute approximate surface area is 100 Å². The van der Waals surface area contributed by atoms with Gasteiger partial charge in [-0.25, -0.2) is 0 Å². The van der Waals surface area contributed by atoms with Crippen LogP contribution >= 0.6 is 0 Å². The second-order valence-corrected chi connectivity index (χ2v) is 4.33. The van der Waals surface area contributed by atoms with E-state index in [9.17, 15) is 9.59 Å². The van der Waals surface area contributed by atoms with Crippen LogP contribution in [-0.2, 0) is 9.59 Å². The summed E-state index contributed by atoms with van der Waals surface area (Å²) >= 11 is 0. The number of para-hydroxylation sites is 1. The van der Waals surface area contributed by atoms with E-state index in [1.165, 1.54) is 6.42 Å². The van der Waals surface area contributed by atoms with Crippen LogP contribution in [0.1, 0.15) is 19.3 Å². The topological polar surface area (TPSA) is 58.2 Å². The minimum Gasteiger partial charge on any atom is -0.348 e. The summed E-state index contributed by atoms with van der Waals surface area (Å²) in [6, 6.07) is 8.96. The molecule has 2 rings (SSSR count). The van der Waals surface area contributed by atoms with Gasteiger partial charge in [-0.15, -0.1) is 0 Å². The maximum absolute atomic E-state index is 11.5. The number of carbonyl (C=O) groups is 2. The Morgan fingerprint density at radius 2 is 1.82 bits per heavy atom. The fraction of sp³-hybridized carbons (Fsp3) is 0.385. The maximum Gasteiger partial charge on any atom is 0.313 e. The lowest BCUT2D eigenvalue weighted by Gasteiger charge is -2.25. The predicted octanol–water partition coefficient (Wildman–Crippen LogP) is 1.54. The van der Waals surface area contributed by atoms with Gasteiger partial charge in [-0.05, 0) is 30.9 Å². The second kappa shape index (κ2) is 5.48. The standard InChI is InChI=1S/C13H16N2O2/c16-12(14-9-10-5-4-6-10)13(17)15-11-7-2-1-3-8-11/h1-3,7-8,10H,4-6,9H2,(H,14,16)(H,15,17). The highest BCUT2D eigenvalue weighted by Crippen LogP contribution is 2.25. The number of benzene rings is 1. The van der Waals surface area contributed by atoms with Crippen LogP contribution in [0.15, 0.2) is 30.3 Å². The number of hydrogen-bond acceptors (Lipinski definition) is 2. The van der Waals surface area contributed by atoms with E-state index >= 15 is 0 Å². The molecule has 1 aromatic rings. The van der Waals surface area contributed by atoms with E-state index in [0.29, 0.717) is 18.2 Å². The lowest BCUT2D eigenvalue weighted by Crippen LogP contribution is -2.39. The molecule has 0 spiro atoms. The average molecular weight is 232 g/mol. The van der Waals surface area contributed by atoms with Crippen LogP contribution in [0, 0.1) is 5.92 Å². The Morgan fingerprint density at radius 1 is 1.12 bits per heavy atom. The quantitative estimate of drug-likeness (QED) is 0.777. The molecular weight excluding hydrogens is 216 g/mol. The smallest absolute Gasteiger partial charge is 0.313 e. The van der Waals surface area contributed by atoms with Crippen molar-refractivity contribution in [3.8, 4) is 0 Å². The lowest BCUT2D eigenvalue weighted by atomic mass is 9.85. The van der Waals surface area contributed by atoms with Crippen molar-refractivity contribution in [1.82, 2.24) is 5.32 Å². The average Bonchev–Trinajstić information content (AvgIpc) is 2.28. The molecule has 1 aromatic carbocycles. The van der Waals surface area contributed by atoms with Crippen molar-refractivity contribution in [1.29, 1.82) is 0 Å². The van der Waals surface area contributed by atoms with E-state index in [0.717, 1.165) is 12.8 Å². The Kier molecular flexibility index (Phi) is 3.75. The molecule has 4 heteroatoms. The third-order valence-electron chi connectivity index (χ3n) is 3.01. The highest BCUT2D eigenvalue weighted by atomic mass is 16.2. The summed E-state index contributed by atoms with van der Waals surface area (Å²) < 4.78 is 0. The first-order valence-electron chi connectivity index (χ1n) is 5.90. The molecule has 1 fully saturated rings. The largest absolute Gasteiger partial charge is 0.348 e. The van der Waals surface area contributed by atoms with Gasteiger partial charge in [0.05, 0.1) is 0 Å². The van der Waals surface area contributed by atoms with Crippen molar-refractivity contribution in [2.24, 2.45) is 5.92 Å². The molecule has 0 unspecified atom stereocenters. The van der Waals surface area contributed by atoms with E-state index in [1.807, 2.05) is 18.2 Å². The number of anilines is 1. The van der Waals surface area contributed by atoms with Gasteiger partial charge in [0.15, 0.2) is 0 Å². The highest BCUT2D eigenvalue weighted by Gasteiger charge is 2.20. The minimum atomic E-state index is -0.601. The maximum atomic E-state index is 11.5. The molecule has 0 saturated heterocycles. The lowest BCUT2D eigenvalue weighted by molar-refractivity contribution is -0.136. The van der Waals surface area contributed by atoms with Gasteiger partial charge in [-0.1, -0.05) is 24.6 Å². The van der Waals surface area contributed by atoms with Gasteiger partial charge in [-0.3, -0.25) is 9.59 Å². The van der Waals surface area contributed by atoms with Crippen molar-refractivity contribution in [2.45, 2.75) is 19.3 Å². The summed E-state index contributed by atoms with van der Waals surface area (Å²) in [5.41, 5.74) is 0.635. The fourth-order valence-electron chi connectivity index (χ4n) is 1.72. The SMILES string of the molecule is O=C(NCC1CCC1)C(=O)Nc1ccccc1. The molecule has 2 N–H and O–H groups in total. The van der Waals surface area contributed by atoms with Crippen molar-refractivity contribution >= 4 is 17.5 Å². The number of carbonyl (C=O) groups excluding carboxylic acids is 2. The zero-order valence-electron chi connectivity index (χ0n) is 9.61. The molecule has 4 nitrogen and oxygen atoms in total. The van der Waals surface area contributed by atoms with Crippen molar-refractivity contribution in [2.75, 3.05) is 11.9 Å².